The minimum atomic E-state index is -0.634. The summed E-state index contributed by atoms with van der Waals surface area (Å²) in [5.41, 5.74) is 0.208. The molecule has 30 heteroatoms. The van der Waals surface area contributed by atoms with Gasteiger partial charge in [0.2, 0.25) is 0 Å². The maximum Gasteiger partial charge on any atom is 0.357 e. The number of pyridine rings is 3. The van der Waals surface area contributed by atoms with Gasteiger partial charge in [-0.15, -0.1) is 11.3 Å². The molecule has 3 fully saturated rings. The highest BCUT2D eigenvalue weighted by Crippen LogP contribution is 2.38. The molecule has 8 heterocycles. The Morgan fingerprint density at radius 1 is 0.449 bits per heavy atom. The number of nitro groups is 3. The smallest absolute Gasteiger partial charge is 0.357 e. The number of carbonyl (C=O) groups excluding carboxylic acids is 3. The number of amides is 3. The molecule has 514 valence electrons. The lowest BCUT2D eigenvalue weighted by Crippen LogP contribution is -2.49. The number of carbonyl (C=O) groups is 3. The minimum Gasteiger partial charge on any atom is -0.459 e. The third-order valence-electron chi connectivity index (χ3n) is 17.4. The quantitative estimate of drug-likeness (QED) is 0.0611. The lowest BCUT2D eigenvalue weighted by atomic mass is 10.1. The highest BCUT2D eigenvalue weighted by molar-refractivity contribution is 7.12. The number of para-hydroxylation sites is 3. The zero-order valence-electron chi connectivity index (χ0n) is 55.2. The molecule has 0 aliphatic carbocycles. The second kappa shape index (κ2) is 31.0. The first kappa shape index (κ1) is 70.1. The zero-order valence-corrected chi connectivity index (χ0v) is 56.0. The van der Waals surface area contributed by atoms with Crippen LogP contribution in [0.2, 0.25) is 0 Å². The molecule has 0 radical (unpaired) electrons. The van der Waals surface area contributed by atoms with Crippen molar-refractivity contribution in [2.45, 2.75) is 19.6 Å². The van der Waals surface area contributed by atoms with Crippen molar-refractivity contribution < 1.29 is 38.0 Å². The Labute approximate surface area is 565 Å². The van der Waals surface area contributed by atoms with Crippen molar-refractivity contribution in [2.24, 2.45) is 0 Å². The molecular weight excluding hydrogens is 1290 g/mol. The largest absolute Gasteiger partial charge is 0.459 e. The standard InChI is InChI=1S/C24H26FN5O4.C22H25N5O5.C22H25N5O4S/c1-26(2)11-16-29-20-6-4-3-5-19(20)21(22(24(29)32)30(33)34)27-12-14-28(15-13-27)23(31)17-7-9-18(25)10-8-17;2*1-23(2)9-14-26-17-7-4-3-6-16(17)19(20(22(26)29)27(30)31)24-10-12-25(13-11-24)21(28)18-8-5-15-32-18/h3-10H,11-16H2,1-2H3;2*3-8,15H,9-14H2,1-2H3. The van der Waals surface area contributed by atoms with Crippen LogP contribution in [0.25, 0.3) is 32.7 Å². The van der Waals surface area contributed by atoms with Crippen LogP contribution in [0.5, 0.6) is 0 Å². The fourth-order valence-corrected chi connectivity index (χ4v) is 13.1. The molecule has 3 aliphatic rings. The summed E-state index contributed by atoms with van der Waals surface area (Å²) in [5, 5.41) is 40.0. The summed E-state index contributed by atoms with van der Waals surface area (Å²) in [4.78, 5) is 129. The van der Waals surface area contributed by atoms with Crippen molar-refractivity contribution in [3.8, 4) is 0 Å². The van der Waals surface area contributed by atoms with Crippen LogP contribution in [0, 0.1) is 36.2 Å². The average molecular weight is 1360 g/mol. The number of benzene rings is 4. The fourth-order valence-electron chi connectivity index (χ4n) is 12.4. The summed E-state index contributed by atoms with van der Waals surface area (Å²) < 4.78 is 22.8. The predicted octanol–water partition coefficient (Wildman–Crippen LogP) is 7.09. The monoisotopic (exact) mass is 1360 g/mol. The maximum atomic E-state index is 13.3. The van der Waals surface area contributed by atoms with Crippen molar-refractivity contribution in [1.29, 1.82) is 0 Å². The number of furan rings is 1. The number of piperazine rings is 3. The molecule has 0 atom stereocenters. The van der Waals surface area contributed by atoms with E-state index in [1.165, 1.54) is 55.6 Å². The van der Waals surface area contributed by atoms with Crippen LogP contribution in [-0.4, -0.2) is 216 Å². The van der Waals surface area contributed by atoms with Crippen LogP contribution >= 0.6 is 11.3 Å². The SMILES string of the molecule is CN(C)CCn1c(=O)c([N+](=O)[O-])c(N2CCN(C(=O)c3ccc(F)cc3)CC2)c2ccccc21.CN(C)CCn1c(=O)c([N+](=O)[O-])c(N2CCN(C(=O)c3ccco3)CC2)c2ccccc21.CN(C)CCn1c(=O)c([N+](=O)[O-])c(N2CCN(C(=O)c3cccs3)CC2)c2ccccc21. The number of aromatic nitrogens is 3. The lowest BCUT2D eigenvalue weighted by molar-refractivity contribution is -0.385. The van der Waals surface area contributed by atoms with Gasteiger partial charge in [0, 0.05) is 140 Å². The van der Waals surface area contributed by atoms with Crippen LogP contribution in [0.15, 0.2) is 152 Å². The van der Waals surface area contributed by atoms with Crippen molar-refractivity contribution in [1.82, 2.24) is 43.1 Å². The summed E-state index contributed by atoms with van der Waals surface area (Å²) in [6, 6.07) is 34.0. The Morgan fingerprint density at radius 3 is 1.11 bits per heavy atom. The highest BCUT2D eigenvalue weighted by atomic mass is 32.1. The van der Waals surface area contributed by atoms with E-state index in [0.717, 1.165) is 0 Å². The van der Waals surface area contributed by atoms with E-state index in [0.29, 0.717) is 178 Å². The highest BCUT2D eigenvalue weighted by Gasteiger charge is 2.36. The minimum absolute atomic E-state index is 0.0295. The maximum absolute atomic E-state index is 13.3. The third kappa shape index (κ3) is 15.3. The number of likely N-dealkylation sites (N-methyl/N-ethyl adjacent to an activating group) is 3. The van der Waals surface area contributed by atoms with Crippen molar-refractivity contribution in [3.05, 3.63) is 216 Å². The number of anilines is 3. The molecule has 0 N–H and O–H groups in total. The molecule has 0 bridgehead atoms. The first-order chi connectivity index (χ1) is 47.0. The zero-order chi connectivity index (χ0) is 70.1. The summed E-state index contributed by atoms with van der Waals surface area (Å²) in [6.07, 6.45) is 1.45. The molecular formula is C68H76FN15O13S. The van der Waals surface area contributed by atoms with Gasteiger partial charge in [-0.25, -0.2) is 4.39 Å². The average Bonchev–Trinajstić information content (AvgIpc) is 0.869. The molecule has 3 aliphatic heterocycles. The van der Waals surface area contributed by atoms with Crippen molar-refractivity contribution in [3.63, 3.8) is 0 Å². The summed E-state index contributed by atoms with van der Waals surface area (Å²) in [5.74, 6) is -0.622. The van der Waals surface area contributed by atoms with E-state index < -0.39 is 54.3 Å². The number of thiophene rings is 1. The second-order valence-electron chi connectivity index (χ2n) is 24.5. The first-order valence-electron chi connectivity index (χ1n) is 31.8. The molecule has 3 saturated heterocycles. The van der Waals surface area contributed by atoms with E-state index in [1.54, 1.807) is 51.1 Å². The van der Waals surface area contributed by atoms with Crippen LogP contribution in [0.4, 0.5) is 38.5 Å². The van der Waals surface area contributed by atoms with Crippen LogP contribution in [0.3, 0.4) is 0 Å². The fraction of sp³-hybridized carbons (Fsp3) is 0.353. The number of halogens is 1. The van der Waals surface area contributed by atoms with Gasteiger partial charge in [0.15, 0.2) is 5.76 Å². The lowest BCUT2D eigenvalue weighted by Gasteiger charge is -2.36. The molecule has 3 amide bonds. The van der Waals surface area contributed by atoms with Crippen molar-refractivity contribution in [2.75, 3.05) is 155 Å². The molecule has 0 spiro atoms. The summed E-state index contributed by atoms with van der Waals surface area (Å²) in [6.45, 7) is 7.27. The molecule has 9 aromatic rings. The Bertz CT molecular complexity index is 4400. The van der Waals surface area contributed by atoms with Gasteiger partial charge in [0.05, 0.1) is 42.5 Å². The van der Waals surface area contributed by atoms with E-state index in [9.17, 15) is 63.5 Å². The molecule has 98 heavy (non-hydrogen) atoms. The van der Waals surface area contributed by atoms with Gasteiger partial charge in [-0.05, 0) is 108 Å². The Balaban J connectivity index is 0.000000159. The third-order valence-corrected chi connectivity index (χ3v) is 18.3. The van der Waals surface area contributed by atoms with Crippen LogP contribution in [-0.2, 0) is 19.6 Å². The van der Waals surface area contributed by atoms with Crippen molar-refractivity contribution >= 4 is 95.9 Å². The number of hydrogen-bond donors (Lipinski definition) is 0. The van der Waals surface area contributed by atoms with E-state index in [4.69, 9.17) is 4.42 Å². The van der Waals surface area contributed by atoms with E-state index >= 15 is 0 Å². The Kier molecular flexibility index (Phi) is 22.2. The molecule has 5 aromatic heterocycles. The predicted molar refractivity (Wildman–Crippen MR) is 374 cm³/mol. The van der Waals surface area contributed by atoms with Crippen LogP contribution < -0.4 is 31.4 Å². The Hall–Kier alpha value is -10.7. The molecule has 28 nitrogen and oxygen atoms in total. The summed E-state index contributed by atoms with van der Waals surface area (Å²) in [7, 11) is 11.3. The van der Waals surface area contributed by atoms with E-state index in [-0.39, 0.29) is 23.5 Å². The molecule has 4 aromatic carbocycles. The van der Waals surface area contributed by atoms with Gasteiger partial charge >= 0.3 is 33.7 Å². The topological polar surface area (TPSA) is 289 Å². The van der Waals surface area contributed by atoms with Crippen LogP contribution in [0.1, 0.15) is 30.6 Å². The second-order valence-corrected chi connectivity index (χ2v) is 25.4. The van der Waals surface area contributed by atoms with Gasteiger partial charge in [0.1, 0.15) is 22.9 Å². The number of rotatable bonds is 18. The molecule has 12 rings (SSSR count). The van der Waals surface area contributed by atoms with Gasteiger partial charge in [0.25, 0.3) is 17.7 Å². The first-order valence-corrected chi connectivity index (χ1v) is 32.7. The number of hydrogen-bond acceptors (Lipinski definition) is 20. The van der Waals surface area contributed by atoms with Gasteiger partial charge in [-0.3, -0.25) is 59.1 Å². The molecule has 0 unspecified atom stereocenters. The normalized spacial score (nSPS) is 14.3. The molecule has 0 saturated carbocycles. The summed E-state index contributed by atoms with van der Waals surface area (Å²) >= 11 is 1.40. The number of fused-ring (bicyclic) bond motifs is 3. The van der Waals surface area contributed by atoms with Gasteiger partial charge in [-0.1, -0.05) is 60.7 Å². The van der Waals surface area contributed by atoms with E-state index in [2.05, 4.69) is 0 Å². The number of nitrogens with zero attached hydrogens (tertiary/aromatic N) is 15. The van der Waals surface area contributed by atoms with E-state index in [1.807, 2.05) is 138 Å². The van der Waals surface area contributed by atoms with Gasteiger partial charge in [-0.2, -0.15) is 0 Å². The van der Waals surface area contributed by atoms with Gasteiger partial charge < -0.3 is 62.2 Å². The Morgan fingerprint density at radius 2 is 0.796 bits per heavy atom.